The minimum atomic E-state index is 1.07. The zero-order valence-electron chi connectivity index (χ0n) is 6.33. The Bertz CT molecular complexity index is 218. The van der Waals surface area contributed by atoms with E-state index in [-0.39, 0.29) is 0 Å². The minimum absolute atomic E-state index is 1.07. The molecule has 0 bridgehead atoms. The number of hydrazine groups is 1. The van der Waals surface area contributed by atoms with Gasteiger partial charge >= 0.3 is 0 Å². The highest BCUT2D eigenvalue weighted by molar-refractivity contribution is 5.50. The van der Waals surface area contributed by atoms with E-state index in [4.69, 9.17) is 5.84 Å². The molecular weight excluding hydrogens is 124 g/mol. The first kappa shape index (κ1) is 7.09. The van der Waals surface area contributed by atoms with Gasteiger partial charge in [-0.05, 0) is 18.6 Å². The number of hydrogen-bond acceptors (Lipinski definition) is 2. The lowest BCUT2D eigenvalue weighted by atomic mass is 10.2. The second-order valence-electron chi connectivity index (χ2n) is 2.40. The van der Waals surface area contributed by atoms with Crippen LogP contribution in [0.15, 0.2) is 24.3 Å². The molecule has 0 heterocycles. The number of aryl methyl sites for hydroxylation is 1. The van der Waals surface area contributed by atoms with E-state index in [0.29, 0.717) is 0 Å². The van der Waals surface area contributed by atoms with Gasteiger partial charge in [-0.25, -0.2) is 5.84 Å². The second kappa shape index (κ2) is 2.71. The van der Waals surface area contributed by atoms with Gasteiger partial charge < -0.3 is 5.01 Å². The van der Waals surface area contributed by atoms with Crippen LogP contribution in [0.2, 0.25) is 0 Å². The third kappa shape index (κ3) is 1.28. The molecule has 0 unspecified atom stereocenters. The highest BCUT2D eigenvalue weighted by Crippen LogP contribution is 2.14. The predicted octanol–water partition coefficient (Wildman–Crippen LogP) is 1.30. The molecule has 0 aliphatic carbocycles. The maximum absolute atomic E-state index is 5.55. The highest BCUT2D eigenvalue weighted by Gasteiger charge is 1.96. The Morgan fingerprint density at radius 3 is 2.30 bits per heavy atom. The van der Waals surface area contributed by atoms with Crippen LogP contribution in [-0.4, -0.2) is 7.05 Å². The monoisotopic (exact) mass is 136 g/mol. The Morgan fingerprint density at radius 2 is 1.90 bits per heavy atom. The quantitative estimate of drug-likeness (QED) is 0.466. The van der Waals surface area contributed by atoms with Crippen LogP contribution in [0.4, 0.5) is 5.69 Å². The van der Waals surface area contributed by atoms with Gasteiger partial charge in [-0.15, -0.1) is 0 Å². The molecule has 1 rings (SSSR count). The van der Waals surface area contributed by atoms with Crippen molar-refractivity contribution in [1.29, 1.82) is 0 Å². The highest BCUT2D eigenvalue weighted by atomic mass is 15.4. The van der Waals surface area contributed by atoms with Crippen molar-refractivity contribution in [1.82, 2.24) is 0 Å². The molecule has 0 saturated heterocycles. The van der Waals surface area contributed by atoms with Crippen molar-refractivity contribution in [2.24, 2.45) is 5.84 Å². The van der Waals surface area contributed by atoms with E-state index in [1.165, 1.54) is 5.56 Å². The molecule has 0 saturated carbocycles. The summed E-state index contributed by atoms with van der Waals surface area (Å²) in [6, 6.07) is 8.02. The molecule has 2 heteroatoms. The molecule has 0 aliphatic rings. The minimum Gasteiger partial charge on any atom is -0.314 e. The third-order valence-corrected chi connectivity index (χ3v) is 1.50. The molecule has 1 aromatic rings. The van der Waals surface area contributed by atoms with Crippen molar-refractivity contribution in [2.45, 2.75) is 6.92 Å². The molecule has 0 atom stereocenters. The van der Waals surface area contributed by atoms with Gasteiger partial charge in [0, 0.05) is 7.05 Å². The van der Waals surface area contributed by atoms with Crippen molar-refractivity contribution in [3.63, 3.8) is 0 Å². The first-order valence-electron chi connectivity index (χ1n) is 3.26. The number of hydrogen-bond donors (Lipinski definition) is 1. The van der Waals surface area contributed by atoms with Gasteiger partial charge in [0.15, 0.2) is 0 Å². The van der Waals surface area contributed by atoms with Crippen LogP contribution in [0.25, 0.3) is 0 Å². The van der Waals surface area contributed by atoms with E-state index in [0.717, 1.165) is 5.69 Å². The molecule has 2 N–H and O–H groups in total. The lowest BCUT2D eigenvalue weighted by Gasteiger charge is -2.13. The van der Waals surface area contributed by atoms with Gasteiger partial charge in [0.25, 0.3) is 0 Å². The van der Waals surface area contributed by atoms with E-state index in [9.17, 15) is 0 Å². The van der Waals surface area contributed by atoms with E-state index >= 15 is 0 Å². The van der Waals surface area contributed by atoms with Crippen LogP contribution in [0.1, 0.15) is 5.56 Å². The van der Waals surface area contributed by atoms with Gasteiger partial charge in [0.05, 0.1) is 5.69 Å². The summed E-state index contributed by atoms with van der Waals surface area (Å²) < 4.78 is 0. The van der Waals surface area contributed by atoms with Crippen LogP contribution < -0.4 is 10.9 Å². The molecule has 0 radical (unpaired) electrons. The van der Waals surface area contributed by atoms with Crippen molar-refractivity contribution in [3.8, 4) is 0 Å². The summed E-state index contributed by atoms with van der Waals surface area (Å²) in [5.41, 5.74) is 2.27. The van der Waals surface area contributed by atoms with Gasteiger partial charge in [-0.3, -0.25) is 0 Å². The molecule has 0 fully saturated rings. The number of anilines is 1. The van der Waals surface area contributed by atoms with Crippen LogP contribution in [0.3, 0.4) is 0 Å². The fraction of sp³-hybridized carbons (Fsp3) is 0.250. The maximum atomic E-state index is 5.55. The fourth-order valence-electron chi connectivity index (χ4n) is 0.959. The Kier molecular flexibility index (Phi) is 1.92. The smallest absolute Gasteiger partial charge is 0.0543 e. The second-order valence-corrected chi connectivity index (χ2v) is 2.40. The summed E-state index contributed by atoms with van der Waals surface area (Å²) in [7, 11) is 1.84. The summed E-state index contributed by atoms with van der Waals surface area (Å²) >= 11 is 0. The summed E-state index contributed by atoms with van der Waals surface area (Å²) in [6.45, 7) is 2.04. The molecule has 0 spiro atoms. The molecule has 0 aromatic heterocycles. The van der Waals surface area contributed by atoms with E-state index in [2.05, 4.69) is 0 Å². The lowest BCUT2D eigenvalue weighted by molar-refractivity contribution is 1.01. The van der Waals surface area contributed by atoms with Crippen LogP contribution in [0, 0.1) is 6.92 Å². The number of para-hydroxylation sites is 1. The normalized spacial score (nSPS) is 9.50. The Balaban J connectivity index is 3.03. The average Bonchev–Trinajstić information content (AvgIpc) is 1.88. The largest absolute Gasteiger partial charge is 0.314 e. The van der Waals surface area contributed by atoms with Gasteiger partial charge in [0.1, 0.15) is 0 Å². The van der Waals surface area contributed by atoms with E-state index < -0.39 is 0 Å². The van der Waals surface area contributed by atoms with Crippen molar-refractivity contribution in [3.05, 3.63) is 29.8 Å². The number of rotatable bonds is 1. The maximum Gasteiger partial charge on any atom is 0.0543 e. The summed E-state index contributed by atoms with van der Waals surface area (Å²) in [4.78, 5) is 0. The van der Waals surface area contributed by atoms with Crippen LogP contribution in [-0.2, 0) is 0 Å². The Labute approximate surface area is 61.2 Å². The first-order chi connectivity index (χ1) is 4.72. The molecule has 0 amide bonds. The topological polar surface area (TPSA) is 29.3 Å². The lowest BCUT2D eigenvalue weighted by Crippen LogP contribution is -2.25. The molecule has 54 valence electrons. The van der Waals surface area contributed by atoms with Gasteiger partial charge in [-0.2, -0.15) is 0 Å². The van der Waals surface area contributed by atoms with Crippen LogP contribution >= 0.6 is 0 Å². The summed E-state index contributed by atoms with van der Waals surface area (Å²) in [6.07, 6.45) is 0. The average molecular weight is 136 g/mol. The van der Waals surface area contributed by atoms with E-state index in [1.807, 2.05) is 38.2 Å². The van der Waals surface area contributed by atoms with Crippen molar-refractivity contribution in [2.75, 3.05) is 12.1 Å². The summed E-state index contributed by atoms with van der Waals surface area (Å²) in [5.74, 6) is 5.55. The SMILES string of the molecule is Cc1ccccc1N(C)N. The van der Waals surface area contributed by atoms with Crippen molar-refractivity contribution < 1.29 is 0 Å². The predicted molar refractivity (Wildman–Crippen MR) is 43.8 cm³/mol. The molecule has 0 aliphatic heterocycles. The Hall–Kier alpha value is -1.02. The first-order valence-corrected chi connectivity index (χ1v) is 3.26. The fourth-order valence-corrected chi connectivity index (χ4v) is 0.959. The van der Waals surface area contributed by atoms with Crippen molar-refractivity contribution >= 4 is 5.69 Å². The Morgan fingerprint density at radius 1 is 1.30 bits per heavy atom. The third-order valence-electron chi connectivity index (χ3n) is 1.50. The number of nitrogens with two attached hydrogens (primary N) is 1. The van der Waals surface area contributed by atoms with E-state index in [1.54, 1.807) is 5.01 Å². The standard InChI is InChI=1S/C8H12N2/c1-7-5-3-4-6-8(7)10(2)9/h3-6H,9H2,1-2H3. The molecular formula is C8H12N2. The van der Waals surface area contributed by atoms with Gasteiger partial charge in [0.2, 0.25) is 0 Å². The summed E-state index contributed by atoms with van der Waals surface area (Å²) in [5, 5.41) is 1.62. The molecule has 2 nitrogen and oxygen atoms in total. The zero-order valence-corrected chi connectivity index (χ0v) is 6.33. The van der Waals surface area contributed by atoms with Crippen LogP contribution in [0.5, 0.6) is 0 Å². The zero-order chi connectivity index (χ0) is 7.56. The number of benzene rings is 1. The molecule has 10 heavy (non-hydrogen) atoms. The number of nitrogens with zero attached hydrogens (tertiary/aromatic N) is 1. The molecule has 1 aromatic carbocycles. The van der Waals surface area contributed by atoms with Gasteiger partial charge in [-0.1, -0.05) is 18.2 Å².